The van der Waals surface area contributed by atoms with Gasteiger partial charge >= 0.3 is 0 Å². The van der Waals surface area contributed by atoms with Crippen LogP contribution in [0.5, 0.6) is 5.88 Å². The molecule has 16 heavy (non-hydrogen) atoms. The predicted molar refractivity (Wildman–Crippen MR) is 62.4 cm³/mol. The molecule has 2 heterocycles. The number of methoxy groups -OCH3 is 1. The van der Waals surface area contributed by atoms with E-state index in [1.807, 2.05) is 13.0 Å². The van der Waals surface area contributed by atoms with Crippen molar-refractivity contribution >= 4 is 11.0 Å². The van der Waals surface area contributed by atoms with E-state index in [4.69, 9.17) is 10.5 Å². The third kappa shape index (κ3) is 1.63. The Balaban J connectivity index is 2.68. The van der Waals surface area contributed by atoms with E-state index in [0.29, 0.717) is 5.88 Å². The van der Waals surface area contributed by atoms with Crippen molar-refractivity contribution in [1.29, 1.82) is 0 Å². The molecule has 0 radical (unpaired) electrons. The smallest absolute Gasteiger partial charge is 0.215 e. The van der Waals surface area contributed by atoms with Crippen LogP contribution in [-0.4, -0.2) is 21.6 Å². The number of hydrogen-bond acceptors (Lipinski definition) is 4. The molecule has 1 atom stereocenters. The molecule has 1 unspecified atom stereocenters. The zero-order valence-electron chi connectivity index (χ0n) is 9.77. The van der Waals surface area contributed by atoms with E-state index in [1.165, 1.54) is 0 Å². The average molecular weight is 220 g/mol. The first-order valence-electron chi connectivity index (χ1n) is 5.33. The van der Waals surface area contributed by atoms with Crippen molar-refractivity contribution in [2.45, 2.75) is 26.4 Å². The molecule has 0 saturated carbocycles. The van der Waals surface area contributed by atoms with Crippen LogP contribution in [0.25, 0.3) is 11.0 Å². The van der Waals surface area contributed by atoms with Gasteiger partial charge in [-0.3, -0.25) is 0 Å². The van der Waals surface area contributed by atoms with Gasteiger partial charge in [0.2, 0.25) is 5.88 Å². The van der Waals surface area contributed by atoms with Gasteiger partial charge in [0, 0.05) is 12.6 Å². The monoisotopic (exact) mass is 220 g/mol. The summed E-state index contributed by atoms with van der Waals surface area (Å²) in [6.45, 7) is 4.83. The quantitative estimate of drug-likeness (QED) is 0.850. The minimum Gasteiger partial charge on any atom is -0.481 e. The first kappa shape index (κ1) is 10.9. The SMILES string of the molecule is CCn1c(C(C)N)nc2cnc(OC)cc21. The van der Waals surface area contributed by atoms with Crippen molar-refractivity contribution in [2.75, 3.05) is 7.11 Å². The summed E-state index contributed by atoms with van der Waals surface area (Å²) in [5, 5.41) is 0. The lowest BCUT2D eigenvalue weighted by molar-refractivity contribution is 0.398. The Morgan fingerprint density at radius 3 is 2.88 bits per heavy atom. The highest BCUT2D eigenvalue weighted by Crippen LogP contribution is 2.21. The van der Waals surface area contributed by atoms with Crippen LogP contribution in [0.1, 0.15) is 25.7 Å². The Bertz CT molecular complexity index is 504. The number of imidazole rings is 1. The molecule has 0 aromatic carbocycles. The molecule has 0 aliphatic carbocycles. The largest absolute Gasteiger partial charge is 0.481 e. The van der Waals surface area contributed by atoms with Gasteiger partial charge in [-0.15, -0.1) is 0 Å². The van der Waals surface area contributed by atoms with Gasteiger partial charge in [0.15, 0.2) is 0 Å². The average Bonchev–Trinajstić information content (AvgIpc) is 2.66. The molecule has 86 valence electrons. The van der Waals surface area contributed by atoms with Gasteiger partial charge in [0.25, 0.3) is 0 Å². The summed E-state index contributed by atoms with van der Waals surface area (Å²) in [7, 11) is 1.60. The second-order valence-electron chi connectivity index (χ2n) is 3.72. The summed E-state index contributed by atoms with van der Waals surface area (Å²) in [5.41, 5.74) is 7.76. The van der Waals surface area contributed by atoms with E-state index < -0.39 is 0 Å². The fourth-order valence-electron chi connectivity index (χ4n) is 1.82. The molecule has 5 nitrogen and oxygen atoms in total. The Morgan fingerprint density at radius 1 is 1.56 bits per heavy atom. The third-order valence-electron chi connectivity index (χ3n) is 2.57. The topological polar surface area (TPSA) is 66.0 Å². The second kappa shape index (κ2) is 4.09. The van der Waals surface area contributed by atoms with E-state index >= 15 is 0 Å². The lowest BCUT2D eigenvalue weighted by Gasteiger charge is -2.08. The van der Waals surface area contributed by atoms with Gasteiger partial charge < -0.3 is 15.0 Å². The van der Waals surface area contributed by atoms with Crippen molar-refractivity contribution in [1.82, 2.24) is 14.5 Å². The first-order chi connectivity index (χ1) is 7.67. The van der Waals surface area contributed by atoms with Gasteiger partial charge in [-0.25, -0.2) is 9.97 Å². The molecule has 5 heteroatoms. The maximum absolute atomic E-state index is 5.89. The van der Waals surface area contributed by atoms with Crippen molar-refractivity contribution in [3.8, 4) is 5.88 Å². The Morgan fingerprint density at radius 2 is 2.31 bits per heavy atom. The number of fused-ring (bicyclic) bond motifs is 1. The van der Waals surface area contributed by atoms with E-state index in [1.54, 1.807) is 13.3 Å². The van der Waals surface area contributed by atoms with Gasteiger partial charge in [0.05, 0.1) is 24.9 Å². The molecule has 0 aliphatic heterocycles. The van der Waals surface area contributed by atoms with Crippen LogP contribution >= 0.6 is 0 Å². The molecule has 0 aliphatic rings. The van der Waals surface area contributed by atoms with Crippen LogP contribution in [0.2, 0.25) is 0 Å². The summed E-state index contributed by atoms with van der Waals surface area (Å²) in [6, 6.07) is 1.80. The molecule has 0 spiro atoms. The highest BCUT2D eigenvalue weighted by Gasteiger charge is 2.13. The highest BCUT2D eigenvalue weighted by atomic mass is 16.5. The summed E-state index contributed by atoms with van der Waals surface area (Å²) >= 11 is 0. The van der Waals surface area contributed by atoms with Gasteiger partial charge in [-0.05, 0) is 13.8 Å². The summed E-state index contributed by atoms with van der Waals surface area (Å²) in [5.74, 6) is 1.48. The number of rotatable bonds is 3. The third-order valence-corrected chi connectivity index (χ3v) is 2.57. The van der Waals surface area contributed by atoms with E-state index in [2.05, 4.69) is 21.5 Å². The van der Waals surface area contributed by atoms with Crippen molar-refractivity contribution in [3.63, 3.8) is 0 Å². The number of aryl methyl sites for hydroxylation is 1. The highest BCUT2D eigenvalue weighted by molar-refractivity contribution is 5.76. The molecular formula is C11H16N4O. The molecule has 0 saturated heterocycles. The first-order valence-corrected chi connectivity index (χ1v) is 5.33. The Hall–Kier alpha value is -1.62. The summed E-state index contributed by atoms with van der Waals surface area (Å²) in [4.78, 5) is 8.61. The van der Waals surface area contributed by atoms with E-state index in [0.717, 1.165) is 23.4 Å². The van der Waals surface area contributed by atoms with Gasteiger partial charge in [-0.1, -0.05) is 0 Å². The molecule has 0 bridgehead atoms. The number of aromatic nitrogens is 3. The molecule has 2 aromatic heterocycles. The van der Waals surface area contributed by atoms with Crippen LogP contribution in [0.3, 0.4) is 0 Å². The van der Waals surface area contributed by atoms with Crippen LogP contribution < -0.4 is 10.5 Å². The van der Waals surface area contributed by atoms with E-state index in [9.17, 15) is 0 Å². The van der Waals surface area contributed by atoms with E-state index in [-0.39, 0.29) is 6.04 Å². The van der Waals surface area contributed by atoms with Crippen LogP contribution in [-0.2, 0) is 6.54 Å². The summed E-state index contributed by atoms with van der Waals surface area (Å²) < 4.78 is 7.20. The van der Waals surface area contributed by atoms with Crippen molar-refractivity contribution < 1.29 is 4.74 Å². The molecule has 2 rings (SSSR count). The standard InChI is InChI=1S/C11H16N4O/c1-4-15-9-5-10(16-3)13-6-8(9)14-11(15)7(2)12/h5-7H,4,12H2,1-3H3. The van der Waals surface area contributed by atoms with Gasteiger partial charge in [0.1, 0.15) is 11.3 Å². The zero-order chi connectivity index (χ0) is 11.7. The molecule has 2 N–H and O–H groups in total. The Labute approximate surface area is 94.2 Å². The molecule has 2 aromatic rings. The zero-order valence-corrected chi connectivity index (χ0v) is 9.77. The number of hydrogen-bond donors (Lipinski definition) is 1. The number of nitrogens with zero attached hydrogens (tertiary/aromatic N) is 3. The lowest BCUT2D eigenvalue weighted by Crippen LogP contribution is -2.12. The fraction of sp³-hybridized carbons (Fsp3) is 0.455. The Kier molecular flexibility index (Phi) is 2.78. The minimum absolute atomic E-state index is 0.0849. The lowest BCUT2D eigenvalue weighted by atomic mass is 10.3. The normalized spacial score (nSPS) is 13.0. The van der Waals surface area contributed by atoms with Crippen LogP contribution in [0.15, 0.2) is 12.3 Å². The minimum atomic E-state index is -0.0849. The van der Waals surface area contributed by atoms with Gasteiger partial charge in [-0.2, -0.15) is 0 Å². The van der Waals surface area contributed by atoms with Crippen LogP contribution in [0.4, 0.5) is 0 Å². The molecular weight excluding hydrogens is 204 g/mol. The number of ether oxygens (including phenoxy) is 1. The maximum Gasteiger partial charge on any atom is 0.215 e. The fourth-order valence-corrected chi connectivity index (χ4v) is 1.82. The molecule has 0 fully saturated rings. The molecule has 0 amide bonds. The number of pyridine rings is 1. The number of nitrogens with two attached hydrogens (primary N) is 1. The van der Waals surface area contributed by atoms with Crippen molar-refractivity contribution in [3.05, 3.63) is 18.1 Å². The predicted octanol–water partition coefficient (Wildman–Crippen LogP) is 1.48. The second-order valence-corrected chi connectivity index (χ2v) is 3.72. The maximum atomic E-state index is 5.89. The van der Waals surface area contributed by atoms with Crippen molar-refractivity contribution in [2.24, 2.45) is 5.73 Å². The summed E-state index contributed by atoms with van der Waals surface area (Å²) in [6.07, 6.45) is 1.71. The van der Waals surface area contributed by atoms with Crippen LogP contribution in [0, 0.1) is 0 Å².